The zero-order chi connectivity index (χ0) is 29.8. The summed E-state index contributed by atoms with van der Waals surface area (Å²) < 4.78 is 0. The molecule has 0 saturated heterocycles. The van der Waals surface area contributed by atoms with Crippen molar-refractivity contribution in [1.82, 2.24) is 0 Å². The fourth-order valence-corrected chi connectivity index (χ4v) is 3.93. The summed E-state index contributed by atoms with van der Waals surface area (Å²) in [6.07, 6.45) is 4.45. The molecule has 0 radical (unpaired) electrons. The molecule has 0 aromatic heterocycles. The molecule has 0 heteroatoms. The van der Waals surface area contributed by atoms with Gasteiger partial charge in [0.05, 0.1) is 0 Å². The lowest BCUT2D eigenvalue weighted by Crippen LogP contribution is -1.96. The van der Waals surface area contributed by atoms with Gasteiger partial charge in [0.2, 0.25) is 0 Å². The summed E-state index contributed by atoms with van der Waals surface area (Å²) in [5.74, 6) is 45.4. The van der Waals surface area contributed by atoms with E-state index in [1.54, 1.807) is 6.92 Å². The van der Waals surface area contributed by atoms with Crippen LogP contribution in [-0.4, -0.2) is 0 Å². The number of rotatable bonds is 4. The second-order valence-corrected chi connectivity index (χ2v) is 9.12. The van der Waals surface area contributed by atoms with Gasteiger partial charge in [-0.3, -0.25) is 0 Å². The Hall–Kier alpha value is -5.86. The Labute approximate surface area is 252 Å². The molecule has 0 fully saturated rings. The SMILES string of the molecule is CC#CC#CC#CC#CC#CC#Cc1ccc(C#Cc2ccc(C#Cc3ccc(CCCC)cc3)c(C)c2CC)cc1. The summed E-state index contributed by atoms with van der Waals surface area (Å²) in [6, 6.07) is 20.6. The molecule has 3 rings (SSSR count). The maximum Gasteiger partial charge on any atom is 0.0284 e. The molecule has 0 nitrogen and oxygen atoms in total. The Morgan fingerprint density at radius 2 is 0.976 bits per heavy atom. The molecule has 0 N–H and O–H groups in total. The first-order valence-corrected chi connectivity index (χ1v) is 13.9. The largest absolute Gasteiger partial charge is 0.0925 e. The van der Waals surface area contributed by atoms with Crippen LogP contribution in [0.3, 0.4) is 0 Å². The molecule has 0 spiro atoms. The van der Waals surface area contributed by atoms with Crippen LogP contribution in [0.15, 0.2) is 60.7 Å². The molecule has 0 aliphatic heterocycles. The van der Waals surface area contributed by atoms with Gasteiger partial charge in [0.1, 0.15) is 0 Å². The van der Waals surface area contributed by atoms with E-state index < -0.39 is 0 Å². The molecule has 0 amide bonds. The lowest BCUT2D eigenvalue weighted by atomic mass is 9.95. The third-order valence-corrected chi connectivity index (χ3v) is 6.19. The highest BCUT2D eigenvalue weighted by molar-refractivity contribution is 5.56. The fraction of sp³-hybridized carbons (Fsp3) is 0.190. The molecular weight excluding hydrogens is 504 g/mol. The molecule has 42 heavy (non-hydrogen) atoms. The van der Waals surface area contributed by atoms with Crippen LogP contribution in [0.4, 0.5) is 0 Å². The van der Waals surface area contributed by atoms with E-state index in [0.29, 0.717) is 0 Å². The first-order chi connectivity index (χ1) is 20.6. The van der Waals surface area contributed by atoms with Crippen molar-refractivity contribution < 1.29 is 0 Å². The minimum atomic E-state index is 0.860. The Kier molecular flexibility index (Phi) is 12.9. The van der Waals surface area contributed by atoms with E-state index in [9.17, 15) is 0 Å². The molecule has 0 saturated carbocycles. The standard InChI is InChI=1S/C42H30/c1-5-8-10-11-12-13-14-15-16-17-18-20-37-23-27-39(28-24-37)30-32-41-34-33-40(35(4)42(41)7-3)31-29-38-25-21-36(22-26-38)19-9-6-2/h21-28,33-34H,6-7,9,19H2,1-4H3. The Balaban J connectivity index is 1.67. The van der Waals surface area contributed by atoms with Gasteiger partial charge >= 0.3 is 0 Å². The molecule has 0 bridgehead atoms. The van der Waals surface area contributed by atoms with E-state index in [4.69, 9.17) is 0 Å². The average Bonchev–Trinajstić information content (AvgIpc) is 3.02. The number of unbranched alkanes of at least 4 members (excludes halogenated alkanes) is 1. The van der Waals surface area contributed by atoms with Gasteiger partial charge in [-0.15, -0.1) is 0 Å². The van der Waals surface area contributed by atoms with E-state index in [-0.39, 0.29) is 0 Å². The number of hydrogen-bond acceptors (Lipinski definition) is 0. The highest BCUT2D eigenvalue weighted by Crippen LogP contribution is 2.19. The molecule has 0 unspecified atom stereocenters. The van der Waals surface area contributed by atoms with E-state index >= 15 is 0 Å². The van der Waals surface area contributed by atoms with Crippen molar-refractivity contribution in [1.29, 1.82) is 0 Å². The molecule has 3 aromatic rings. The van der Waals surface area contributed by atoms with Crippen molar-refractivity contribution in [3.63, 3.8) is 0 Å². The smallest absolute Gasteiger partial charge is 0.0284 e. The summed E-state index contributed by atoms with van der Waals surface area (Å²) >= 11 is 0. The summed E-state index contributed by atoms with van der Waals surface area (Å²) in [5.41, 5.74) is 8.70. The Morgan fingerprint density at radius 1 is 0.500 bits per heavy atom. The minimum Gasteiger partial charge on any atom is -0.0925 e. The molecule has 0 aliphatic carbocycles. The van der Waals surface area contributed by atoms with Crippen LogP contribution < -0.4 is 0 Å². The van der Waals surface area contributed by atoms with Crippen LogP contribution in [0.1, 0.15) is 78.1 Å². The zero-order valence-electron chi connectivity index (χ0n) is 24.6. The van der Waals surface area contributed by atoms with Crippen LogP contribution in [0.2, 0.25) is 0 Å². The molecule has 0 atom stereocenters. The molecule has 198 valence electrons. The average molecular weight is 535 g/mol. The van der Waals surface area contributed by atoms with Gasteiger partial charge in [0.15, 0.2) is 0 Å². The van der Waals surface area contributed by atoms with Crippen LogP contribution in [0, 0.1) is 102 Å². The minimum absolute atomic E-state index is 0.860. The van der Waals surface area contributed by atoms with Crippen LogP contribution >= 0.6 is 0 Å². The second kappa shape index (κ2) is 17.7. The van der Waals surface area contributed by atoms with E-state index in [2.05, 4.69) is 152 Å². The number of hydrogen-bond donors (Lipinski definition) is 0. The molecular formula is C42H30. The molecule has 3 aromatic carbocycles. The van der Waals surface area contributed by atoms with Gasteiger partial charge in [0, 0.05) is 27.8 Å². The number of aryl methyl sites for hydroxylation is 1. The van der Waals surface area contributed by atoms with Crippen molar-refractivity contribution >= 4 is 0 Å². The topological polar surface area (TPSA) is 0 Å². The van der Waals surface area contributed by atoms with Gasteiger partial charge < -0.3 is 0 Å². The van der Waals surface area contributed by atoms with Crippen molar-refractivity contribution in [3.05, 3.63) is 105 Å². The maximum absolute atomic E-state index is 3.37. The Morgan fingerprint density at radius 3 is 1.52 bits per heavy atom. The monoisotopic (exact) mass is 534 g/mol. The normalized spacial score (nSPS) is 8.29. The van der Waals surface area contributed by atoms with Crippen LogP contribution in [0.5, 0.6) is 0 Å². The van der Waals surface area contributed by atoms with Gasteiger partial charge in [0.25, 0.3) is 0 Å². The van der Waals surface area contributed by atoms with Crippen molar-refractivity contribution in [2.45, 2.75) is 53.4 Å². The zero-order valence-corrected chi connectivity index (χ0v) is 24.6. The third-order valence-electron chi connectivity index (χ3n) is 6.19. The van der Waals surface area contributed by atoms with Crippen LogP contribution in [-0.2, 0) is 12.8 Å². The maximum atomic E-state index is 3.37. The third kappa shape index (κ3) is 10.4. The van der Waals surface area contributed by atoms with Crippen molar-refractivity contribution in [2.75, 3.05) is 0 Å². The highest BCUT2D eigenvalue weighted by Gasteiger charge is 2.06. The lowest BCUT2D eigenvalue weighted by Gasteiger charge is -2.08. The number of benzene rings is 3. The molecule has 0 heterocycles. The van der Waals surface area contributed by atoms with Crippen molar-refractivity contribution in [2.24, 2.45) is 0 Å². The summed E-state index contributed by atoms with van der Waals surface area (Å²) in [6.45, 7) is 8.23. The lowest BCUT2D eigenvalue weighted by molar-refractivity contribution is 0.795. The van der Waals surface area contributed by atoms with E-state index in [1.807, 2.05) is 24.3 Å². The van der Waals surface area contributed by atoms with Crippen LogP contribution in [0.25, 0.3) is 0 Å². The fourth-order valence-electron chi connectivity index (χ4n) is 3.93. The highest BCUT2D eigenvalue weighted by atomic mass is 14.1. The van der Waals surface area contributed by atoms with E-state index in [0.717, 1.165) is 40.7 Å². The first kappa shape index (κ1) is 30.7. The van der Waals surface area contributed by atoms with E-state index in [1.165, 1.54) is 29.5 Å². The Bertz CT molecular complexity index is 1920. The van der Waals surface area contributed by atoms with Crippen molar-refractivity contribution in [3.8, 4) is 94.7 Å². The van der Waals surface area contributed by atoms with Gasteiger partial charge in [-0.05, 0) is 158 Å². The summed E-state index contributed by atoms with van der Waals surface area (Å²) in [7, 11) is 0. The van der Waals surface area contributed by atoms with Gasteiger partial charge in [-0.25, -0.2) is 0 Å². The quantitative estimate of drug-likeness (QED) is 0.314. The first-order valence-electron chi connectivity index (χ1n) is 13.9. The second-order valence-electron chi connectivity index (χ2n) is 9.12. The summed E-state index contributed by atoms with van der Waals surface area (Å²) in [4.78, 5) is 0. The molecule has 0 aliphatic rings. The predicted molar refractivity (Wildman–Crippen MR) is 175 cm³/mol. The predicted octanol–water partition coefficient (Wildman–Crippen LogP) is 7.09. The van der Waals surface area contributed by atoms with Gasteiger partial charge in [-0.1, -0.05) is 67.9 Å². The summed E-state index contributed by atoms with van der Waals surface area (Å²) in [5, 5.41) is 0. The van der Waals surface area contributed by atoms with Gasteiger partial charge in [-0.2, -0.15) is 0 Å².